The monoisotopic (exact) mass is 196 g/mol. The summed E-state index contributed by atoms with van der Waals surface area (Å²) in [4.78, 5) is 2.39. The van der Waals surface area contributed by atoms with Crippen molar-refractivity contribution in [3.8, 4) is 0 Å². The summed E-state index contributed by atoms with van der Waals surface area (Å²) in [5.74, 6) is 0. The predicted molar refractivity (Wildman–Crippen MR) is 44.0 cm³/mol. The van der Waals surface area contributed by atoms with E-state index in [-0.39, 0.29) is 18.6 Å². The van der Waals surface area contributed by atoms with Crippen LogP contribution in [0.3, 0.4) is 0 Å². The first kappa shape index (κ1) is 14.1. The Morgan fingerprint density at radius 1 is 1.27 bits per heavy atom. The van der Waals surface area contributed by atoms with Crippen LogP contribution in [0.15, 0.2) is 0 Å². The molecule has 1 fully saturated rings. The van der Waals surface area contributed by atoms with Gasteiger partial charge in [0.25, 0.3) is 0 Å². The molecule has 0 saturated carbocycles. The Labute approximate surface area is 81.9 Å². The van der Waals surface area contributed by atoms with Crippen molar-refractivity contribution in [2.45, 2.75) is 20.3 Å². The van der Waals surface area contributed by atoms with Gasteiger partial charge in [0.15, 0.2) is 0 Å². The van der Waals surface area contributed by atoms with Crippen LogP contribution < -0.4 is 0 Å². The summed E-state index contributed by atoms with van der Waals surface area (Å²) in [7, 11) is 3.19. The van der Waals surface area contributed by atoms with Crippen LogP contribution in [-0.2, 0) is 18.6 Å². The number of hydrogen-bond acceptors (Lipinski definition) is 2. The van der Waals surface area contributed by atoms with E-state index >= 15 is 0 Å². The molecule has 11 heavy (non-hydrogen) atoms. The molecule has 0 aromatic carbocycles. The molecule has 1 heterocycles. The minimum Gasteiger partial charge on any atom is -0.400 e. The molecule has 0 aromatic rings. The molecule has 1 N–H and O–H groups in total. The van der Waals surface area contributed by atoms with Gasteiger partial charge in [-0.05, 0) is 25.4 Å². The first-order valence-corrected chi connectivity index (χ1v) is 3.73. The van der Waals surface area contributed by atoms with Crippen LogP contribution in [0, 0.1) is 5.41 Å². The number of rotatable bonds is 0. The Kier molecular flexibility index (Phi) is 7.75. The molecule has 0 bridgehead atoms. The van der Waals surface area contributed by atoms with Crippen molar-refractivity contribution >= 4 is 0 Å². The van der Waals surface area contributed by atoms with Crippen LogP contribution in [0.5, 0.6) is 0 Å². The van der Waals surface area contributed by atoms with E-state index in [1.54, 1.807) is 0 Å². The minimum atomic E-state index is 0. The zero-order valence-corrected chi connectivity index (χ0v) is 9.36. The van der Waals surface area contributed by atoms with Crippen LogP contribution in [0.2, 0.25) is 0 Å². The molecule has 67 valence electrons. The molecule has 3 heteroatoms. The first-order valence-electron chi connectivity index (χ1n) is 3.73. The summed E-state index contributed by atoms with van der Waals surface area (Å²) in [6.45, 7) is 7.22. The van der Waals surface area contributed by atoms with Crippen LogP contribution in [-0.4, -0.2) is 37.3 Å². The van der Waals surface area contributed by atoms with E-state index in [1.807, 2.05) is 0 Å². The van der Waals surface area contributed by atoms with Crippen molar-refractivity contribution in [3.63, 3.8) is 0 Å². The van der Waals surface area contributed by atoms with Crippen molar-refractivity contribution < 1.29 is 23.7 Å². The van der Waals surface area contributed by atoms with Gasteiger partial charge in [-0.1, -0.05) is 13.8 Å². The molecule has 1 aliphatic rings. The van der Waals surface area contributed by atoms with Crippen molar-refractivity contribution in [1.82, 2.24) is 4.90 Å². The molecular weight excluding hydrogens is 177 g/mol. The number of hydrogen-bond donors (Lipinski definition) is 1. The minimum absolute atomic E-state index is 0. The van der Waals surface area contributed by atoms with E-state index in [0.717, 1.165) is 7.11 Å². The molecule has 0 amide bonds. The Morgan fingerprint density at radius 2 is 1.73 bits per heavy atom. The fourth-order valence-corrected chi connectivity index (χ4v) is 1.38. The summed E-state index contributed by atoms with van der Waals surface area (Å²) in [6, 6.07) is 0. The predicted octanol–water partition coefficient (Wildman–Crippen LogP) is 0.954. The maximum Gasteiger partial charge on any atom is 0.0319 e. The number of aliphatic hydroxyl groups is 1. The Bertz CT molecular complexity index is 96.1. The third-order valence-electron chi connectivity index (χ3n) is 1.87. The van der Waals surface area contributed by atoms with Gasteiger partial charge in [-0.2, -0.15) is 0 Å². The zero-order chi connectivity index (χ0) is 8.20. The maximum absolute atomic E-state index is 7.00. The van der Waals surface area contributed by atoms with Gasteiger partial charge in [0.2, 0.25) is 0 Å². The van der Waals surface area contributed by atoms with Gasteiger partial charge in [0.05, 0.1) is 0 Å². The molecule has 0 unspecified atom stereocenters. The number of nitrogens with zero attached hydrogens (tertiary/aromatic N) is 1. The molecular formula is C8H19NOV. The molecule has 0 aliphatic carbocycles. The zero-order valence-electron chi connectivity index (χ0n) is 7.96. The fraction of sp³-hybridized carbons (Fsp3) is 1.00. The van der Waals surface area contributed by atoms with E-state index in [0.29, 0.717) is 5.41 Å². The summed E-state index contributed by atoms with van der Waals surface area (Å²) in [6.07, 6.45) is 1.36. The van der Waals surface area contributed by atoms with Gasteiger partial charge in [0, 0.05) is 32.2 Å². The third kappa shape index (κ3) is 5.74. The molecule has 0 spiro atoms. The van der Waals surface area contributed by atoms with Crippen LogP contribution in [0.1, 0.15) is 20.3 Å². The smallest absolute Gasteiger partial charge is 0.0319 e. The number of likely N-dealkylation sites (tertiary alicyclic amines) is 1. The van der Waals surface area contributed by atoms with E-state index < -0.39 is 0 Å². The van der Waals surface area contributed by atoms with E-state index in [1.165, 1.54) is 19.5 Å². The molecule has 1 saturated heterocycles. The maximum atomic E-state index is 7.00. The Hall–Kier alpha value is 0.504. The van der Waals surface area contributed by atoms with Gasteiger partial charge in [0.1, 0.15) is 0 Å². The normalized spacial score (nSPS) is 21.5. The average molecular weight is 196 g/mol. The van der Waals surface area contributed by atoms with Crippen molar-refractivity contribution in [3.05, 3.63) is 0 Å². The molecule has 1 radical (unpaired) electrons. The fourth-order valence-electron chi connectivity index (χ4n) is 1.38. The Morgan fingerprint density at radius 3 is 1.82 bits per heavy atom. The second-order valence-corrected chi connectivity index (χ2v) is 3.65. The number of aliphatic hydroxyl groups excluding tert-OH is 1. The van der Waals surface area contributed by atoms with Crippen molar-refractivity contribution in [2.24, 2.45) is 5.41 Å². The quantitative estimate of drug-likeness (QED) is 0.623. The topological polar surface area (TPSA) is 23.5 Å². The summed E-state index contributed by atoms with van der Waals surface area (Å²) < 4.78 is 0. The molecule has 1 rings (SSSR count). The molecule has 1 aliphatic heterocycles. The van der Waals surface area contributed by atoms with Gasteiger partial charge >= 0.3 is 0 Å². The van der Waals surface area contributed by atoms with E-state index in [9.17, 15) is 0 Å². The van der Waals surface area contributed by atoms with Crippen LogP contribution in [0.25, 0.3) is 0 Å². The van der Waals surface area contributed by atoms with Gasteiger partial charge in [-0.3, -0.25) is 0 Å². The summed E-state index contributed by atoms with van der Waals surface area (Å²) >= 11 is 0. The van der Waals surface area contributed by atoms with Gasteiger partial charge < -0.3 is 10.0 Å². The van der Waals surface area contributed by atoms with Crippen LogP contribution in [0.4, 0.5) is 0 Å². The van der Waals surface area contributed by atoms with Crippen LogP contribution >= 0.6 is 0 Å². The van der Waals surface area contributed by atoms with E-state index in [4.69, 9.17) is 5.11 Å². The summed E-state index contributed by atoms with van der Waals surface area (Å²) in [5.41, 5.74) is 0.592. The van der Waals surface area contributed by atoms with Crippen molar-refractivity contribution in [1.29, 1.82) is 0 Å². The second-order valence-electron chi connectivity index (χ2n) is 3.65. The van der Waals surface area contributed by atoms with E-state index in [2.05, 4.69) is 25.8 Å². The summed E-state index contributed by atoms with van der Waals surface area (Å²) in [5, 5.41) is 7.00. The van der Waals surface area contributed by atoms with Gasteiger partial charge in [-0.25, -0.2) is 0 Å². The molecule has 0 atom stereocenters. The molecule has 0 aromatic heterocycles. The Balaban J connectivity index is 0. The standard InChI is InChI=1S/C7H15N.CH4O.V/c1-7(2)4-5-8(3)6-7;1-2;/h4-6H2,1-3H3;2H,1H3;. The third-order valence-corrected chi connectivity index (χ3v) is 1.87. The van der Waals surface area contributed by atoms with Gasteiger partial charge in [-0.15, -0.1) is 0 Å². The molecule has 2 nitrogen and oxygen atoms in total. The largest absolute Gasteiger partial charge is 0.400 e. The average Bonchev–Trinajstić information content (AvgIpc) is 2.15. The second kappa shape index (κ2) is 6.07. The SMILES string of the molecule is CN1CCC(C)(C)C1.CO.[V]. The first-order chi connectivity index (χ1) is 4.60. The van der Waals surface area contributed by atoms with Crippen molar-refractivity contribution in [2.75, 3.05) is 27.2 Å².